The topological polar surface area (TPSA) is 30.5 Å². The third kappa shape index (κ3) is 7.85. The smallest absolute Gasteiger partial charge is 0.119 e. The molecule has 0 unspecified atom stereocenters. The van der Waals surface area contributed by atoms with Gasteiger partial charge in [0.25, 0.3) is 0 Å². The lowest BCUT2D eigenvalue weighted by molar-refractivity contribution is 0.133. The summed E-state index contributed by atoms with van der Waals surface area (Å²) in [4.78, 5) is 0. The van der Waals surface area contributed by atoms with Crippen molar-refractivity contribution in [3.8, 4) is 5.75 Å². The zero-order valence-corrected chi connectivity index (χ0v) is 12.3. The Kier molecular flexibility index (Phi) is 9.11. The van der Waals surface area contributed by atoms with Crippen LogP contribution in [0.2, 0.25) is 0 Å². The normalized spacial score (nSPS) is 10.6. The summed E-state index contributed by atoms with van der Waals surface area (Å²) in [6.07, 6.45) is 3.38. The van der Waals surface area contributed by atoms with Crippen LogP contribution in [0.15, 0.2) is 24.3 Å². The second kappa shape index (κ2) is 10.8. The molecule has 1 rings (SSSR count). The Morgan fingerprint density at radius 3 is 2.74 bits per heavy atom. The fourth-order valence-electron chi connectivity index (χ4n) is 1.69. The third-order valence-corrected chi connectivity index (χ3v) is 2.77. The summed E-state index contributed by atoms with van der Waals surface area (Å²) >= 11 is 0. The largest absolute Gasteiger partial charge is 0.494 e. The molecular weight excluding hydrogens is 238 g/mol. The number of unbranched alkanes of at least 4 members (excludes halogenated alkanes) is 1. The average molecular weight is 265 g/mol. The molecule has 0 saturated carbocycles. The first-order valence-corrected chi connectivity index (χ1v) is 7.37. The van der Waals surface area contributed by atoms with Crippen molar-refractivity contribution < 1.29 is 9.47 Å². The lowest BCUT2D eigenvalue weighted by Crippen LogP contribution is -2.19. The summed E-state index contributed by atoms with van der Waals surface area (Å²) in [7, 11) is 0. The van der Waals surface area contributed by atoms with E-state index in [4.69, 9.17) is 9.47 Å². The zero-order valence-electron chi connectivity index (χ0n) is 12.3. The molecule has 0 aromatic heterocycles. The minimum Gasteiger partial charge on any atom is -0.494 e. The summed E-state index contributed by atoms with van der Waals surface area (Å²) in [5.41, 5.74) is 1.25. The van der Waals surface area contributed by atoms with Crippen LogP contribution in [0.5, 0.6) is 5.75 Å². The molecule has 1 N–H and O–H groups in total. The van der Waals surface area contributed by atoms with Crippen LogP contribution in [0, 0.1) is 0 Å². The van der Waals surface area contributed by atoms with Crippen molar-refractivity contribution in [1.29, 1.82) is 0 Å². The van der Waals surface area contributed by atoms with E-state index in [-0.39, 0.29) is 0 Å². The molecule has 0 saturated heterocycles. The molecule has 0 atom stereocenters. The Hall–Kier alpha value is -1.06. The standard InChI is InChI=1S/C16H27NO2/c1-3-5-11-18-12-9-17-14-15-7-6-8-16(13-15)19-10-4-2/h6-8,13,17H,3-5,9-12,14H2,1-2H3. The molecule has 0 aliphatic carbocycles. The van der Waals surface area contributed by atoms with Gasteiger partial charge in [-0.15, -0.1) is 0 Å². The SMILES string of the molecule is CCCCOCCNCc1cccc(OCCC)c1. The van der Waals surface area contributed by atoms with Gasteiger partial charge in [-0.1, -0.05) is 32.4 Å². The van der Waals surface area contributed by atoms with E-state index in [1.54, 1.807) is 0 Å². The molecular formula is C16H27NO2. The van der Waals surface area contributed by atoms with Crippen molar-refractivity contribution >= 4 is 0 Å². The minimum absolute atomic E-state index is 0.780. The van der Waals surface area contributed by atoms with E-state index in [1.807, 2.05) is 12.1 Å². The highest BCUT2D eigenvalue weighted by molar-refractivity contribution is 5.28. The van der Waals surface area contributed by atoms with Crippen LogP contribution in [0.3, 0.4) is 0 Å². The van der Waals surface area contributed by atoms with Gasteiger partial charge >= 0.3 is 0 Å². The maximum atomic E-state index is 5.62. The number of hydrogen-bond donors (Lipinski definition) is 1. The highest BCUT2D eigenvalue weighted by Crippen LogP contribution is 2.13. The summed E-state index contributed by atoms with van der Waals surface area (Å²) in [5, 5.41) is 3.38. The van der Waals surface area contributed by atoms with Crippen molar-refractivity contribution in [3.05, 3.63) is 29.8 Å². The summed E-state index contributed by atoms with van der Waals surface area (Å²) in [6, 6.07) is 8.26. The van der Waals surface area contributed by atoms with E-state index in [9.17, 15) is 0 Å². The van der Waals surface area contributed by atoms with Gasteiger partial charge in [-0.05, 0) is 30.5 Å². The first-order valence-electron chi connectivity index (χ1n) is 7.37. The first kappa shape index (κ1) is 16.0. The van der Waals surface area contributed by atoms with Crippen molar-refractivity contribution in [2.75, 3.05) is 26.4 Å². The van der Waals surface area contributed by atoms with Crippen molar-refractivity contribution in [3.63, 3.8) is 0 Å². The van der Waals surface area contributed by atoms with Gasteiger partial charge in [0.1, 0.15) is 5.75 Å². The maximum Gasteiger partial charge on any atom is 0.119 e. The Morgan fingerprint density at radius 1 is 1.05 bits per heavy atom. The second-order valence-electron chi connectivity index (χ2n) is 4.64. The number of nitrogens with one attached hydrogen (secondary N) is 1. The highest BCUT2D eigenvalue weighted by atomic mass is 16.5. The van der Waals surface area contributed by atoms with Crippen molar-refractivity contribution in [2.24, 2.45) is 0 Å². The van der Waals surface area contributed by atoms with Crippen LogP contribution >= 0.6 is 0 Å². The molecule has 1 aromatic rings. The van der Waals surface area contributed by atoms with Crippen LogP contribution in [0.1, 0.15) is 38.7 Å². The molecule has 3 nitrogen and oxygen atoms in total. The van der Waals surface area contributed by atoms with Gasteiger partial charge in [-0.3, -0.25) is 0 Å². The van der Waals surface area contributed by atoms with Crippen LogP contribution in [-0.2, 0) is 11.3 Å². The molecule has 0 heterocycles. The number of benzene rings is 1. The maximum absolute atomic E-state index is 5.62. The van der Waals surface area contributed by atoms with Crippen molar-refractivity contribution in [2.45, 2.75) is 39.7 Å². The van der Waals surface area contributed by atoms with Crippen LogP contribution in [0.4, 0.5) is 0 Å². The molecule has 0 radical (unpaired) electrons. The summed E-state index contributed by atoms with van der Waals surface area (Å²) in [6.45, 7) is 8.48. The molecule has 0 aliphatic rings. The fraction of sp³-hybridized carbons (Fsp3) is 0.625. The minimum atomic E-state index is 0.780. The van der Waals surface area contributed by atoms with Gasteiger partial charge in [-0.25, -0.2) is 0 Å². The Morgan fingerprint density at radius 2 is 1.95 bits per heavy atom. The number of rotatable bonds is 11. The van der Waals surface area contributed by atoms with Gasteiger partial charge < -0.3 is 14.8 Å². The molecule has 1 aromatic carbocycles. The average Bonchev–Trinajstić information content (AvgIpc) is 2.44. The molecule has 0 aliphatic heterocycles. The monoisotopic (exact) mass is 265 g/mol. The lowest BCUT2D eigenvalue weighted by atomic mass is 10.2. The highest BCUT2D eigenvalue weighted by Gasteiger charge is 1.96. The van der Waals surface area contributed by atoms with E-state index in [0.717, 1.165) is 51.5 Å². The summed E-state index contributed by atoms with van der Waals surface area (Å²) in [5.74, 6) is 0.959. The van der Waals surface area contributed by atoms with Crippen LogP contribution in [0.25, 0.3) is 0 Å². The zero-order chi connectivity index (χ0) is 13.8. The van der Waals surface area contributed by atoms with Gasteiger partial charge in [-0.2, -0.15) is 0 Å². The lowest BCUT2D eigenvalue weighted by Gasteiger charge is -2.08. The molecule has 3 heteroatoms. The van der Waals surface area contributed by atoms with Gasteiger partial charge in [0.15, 0.2) is 0 Å². The molecule has 0 bridgehead atoms. The van der Waals surface area contributed by atoms with Gasteiger partial charge in [0.2, 0.25) is 0 Å². The Bertz CT molecular complexity index is 328. The fourth-order valence-corrected chi connectivity index (χ4v) is 1.69. The first-order chi connectivity index (χ1) is 9.36. The molecule has 0 fully saturated rings. The Balaban J connectivity index is 2.14. The molecule has 108 valence electrons. The van der Waals surface area contributed by atoms with Crippen molar-refractivity contribution in [1.82, 2.24) is 5.32 Å². The summed E-state index contributed by atoms with van der Waals surface area (Å²) < 4.78 is 11.1. The van der Waals surface area contributed by atoms with Gasteiger partial charge in [0.05, 0.1) is 13.2 Å². The van der Waals surface area contributed by atoms with Gasteiger partial charge in [0, 0.05) is 19.7 Å². The predicted octanol–water partition coefficient (Wildman–Crippen LogP) is 3.38. The number of ether oxygens (including phenoxy) is 2. The van der Waals surface area contributed by atoms with E-state index < -0.39 is 0 Å². The van der Waals surface area contributed by atoms with E-state index in [1.165, 1.54) is 12.0 Å². The molecule has 0 spiro atoms. The van der Waals surface area contributed by atoms with E-state index in [0.29, 0.717) is 0 Å². The van der Waals surface area contributed by atoms with Crippen LogP contribution < -0.4 is 10.1 Å². The quantitative estimate of drug-likeness (QED) is 0.622. The molecule has 0 amide bonds. The third-order valence-electron chi connectivity index (χ3n) is 2.77. The van der Waals surface area contributed by atoms with E-state index >= 15 is 0 Å². The number of hydrogen-bond acceptors (Lipinski definition) is 3. The molecule has 19 heavy (non-hydrogen) atoms. The second-order valence-corrected chi connectivity index (χ2v) is 4.64. The van der Waals surface area contributed by atoms with Crippen LogP contribution in [-0.4, -0.2) is 26.4 Å². The Labute approximate surface area is 117 Å². The van der Waals surface area contributed by atoms with E-state index in [2.05, 4.69) is 31.3 Å². The predicted molar refractivity (Wildman–Crippen MR) is 79.7 cm³/mol.